The lowest BCUT2D eigenvalue weighted by atomic mass is 10.2. The maximum Gasteiger partial charge on any atom is 0.320 e. The first-order chi connectivity index (χ1) is 7.60. The van der Waals surface area contributed by atoms with E-state index in [0.29, 0.717) is 0 Å². The second kappa shape index (κ2) is 8.91. The number of hydrogen-bond acceptors (Lipinski definition) is 4. The molecule has 0 aliphatic heterocycles. The van der Waals surface area contributed by atoms with Crippen LogP contribution in [0, 0.1) is 0 Å². The Balaban J connectivity index is 0. The monoisotopic (exact) mass is 251 g/mol. The molecule has 0 bridgehead atoms. The molecule has 0 aromatic heterocycles. The van der Waals surface area contributed by atoms with E-state index in [0.717, 1.165) is 11.0 Å². The summed E-state index contributed by atoms with van der Waals surface area (Å²) in [5.41, 5.74) is 5.00. The van der Waals surface area contributed by atoms with Crippen molar-refractivity contribution in [2.75, 3.05) is 34.3 Å². The quantitative estimate of drug-likeness (QED) is 0.447. The molecular weight excluding hydrogens is 228 g/mol. The summed E-state index contributed by atoms with van der Waals surface area (Å²) in [4.78, 5) is 19.9. The highest BCUT2D eigenvalue weighted by Crippen LogP contribution is 1.93. The Morgan fingerprint density at radius 1 is 1.24 bits per heavy atom. The molecule has 0 aliphatic rings. The van der Waals surface area contributed by atoms with E-state index in [-0.39, 0.29) is 19.4 Å². The molecule has 0 heterocycles. The van der Waals surface area contributed by atoms with E-state index in [4.69, 9.17) is 21.1 Å². The van der Waals surface area contributed by atoms with Gasteiger partial charge >= 0.3 is 11.9 Å². The number of aliphatic carboxylic acids is 2. The average molecular weight is 251 g/mol. The van der Waals surface area contributed by atoms with Gasteiger partial charge in [0.1, 0.15) is 12.6 Å². The Hall–Kier alpha value is -1.18. The minimum absolute atomic E-state index is 0.0231. The maximum atomic E-state index is 9.99. The van der Waals surface area contributed by atoms with Crippen LogP contribution >= 0.6 is 0 Å². The smallest absolute Gasteiger partial charge is 0.320 e. The van der Waals surface area contributed by atoms with Crippen LogP contribution in [0.15, 0.2) is 0 Å². The van der Waals surface area contributed by atoms with Gasteiger partial charge < -0.3 is 25.5 Å². The van der Waals surface area contributed by atoms with E-state index in [2.05, 4.69) is 21.1 Å². The molecule has 0 aromatic carbocycles. The van der Waals surface area contributed by atoms with Crippen molar-refractivity contribution in [1.29, 1.82) is 0 Å². The summed E-state index contributed by atoms with van der Waals surface area (Å²) in [6.07, 6.45) is -0.224. The van der Waals surface area contributed by atoms with Crippen molar-refractivity contribution in [3.05, 3.63) is 0 Å². The van der Waals surface area contributed by atoms with Gasteiger partial charge in [-0.3, -0.25) is 9.59 Å². The van der Waals surface area contributed by atoms with Crippen LogP contribution in [0.4, 0.5) is 0 Å². The Bertz CT molecular complexity index is 237. The first-order valence-corrected chi connectivity index (χ1v) is 5.21. The van der Waals surface area contributed by atoms with Crippen molar-refractivity contribution >= 4 is 11.9 Å². The van der Waals surface area contributed by atoms with Crippen molar-refractivity contribution in [1.82, 2.24) is 0 Å². The van der Waals surface area contributed by atoms with Crippen LogP contribution in [-0.4, -0.2) is 72.1 Å². The number of quaternary nitrogens is 1. The number of hydrogen-bond donors (Lipinski definition) is 4. The zero-order valence-corrected chi connectivity index (χ0v) is 10.6. The third-order valence-corrected chi connectivity index (χ3v) is 1.76. The van der Waals surface area contributed by atoms with Gasteiger partial charge in [-0.15, -0.1) is 0 Å². The lowest BCUT2D eigenvalue weighted by Crippen LogP contribution is -2.36. The zero-order chi connectivity index (χ0) is 14.1. The van der Waals surface area contributed by atoms with E-state index in [9.17, 15) is 9.59 Å². The summed E-state index contributed by atoms with van der Waals surface area (Å²) >= 11 is 0. The van der Waals surface area contributed by atoms with Crippen LogP contribution < -0.4 is 5.73 Å². The molecule has 0 unspecified atom stereocenters. The molecule has 7 heteroatoms. The van der Waals surface area contributed by atoms with E-state index in [1.807, 2.05) is 0 Å². The number of nitrogens with two attached hydrogens (primary N) is 1. The fraction of sp³-hybridized carbons (Fsp3) is 0.800. The van der Waals surface area contributed by atoms with Crippen molar-refractivity contribution in [3.63, 3.8) is 0 Å². The molecule has 0 amide bonds. The molecule has 7 nitrogen and oxygen atoms in total. The van der Waals surface area contributed by atoms with Gasteiger partial charge in [0.25, 0.3) is 0 Å². The fourth-order valence-corrected chi connectivity index (χ4v) is 0.702. The zero-order valence-electron chi connectivity index (χ0n) is 10.6. The molecule has 0 rings (SSSR count). The standard InChI is InChI=1S/C5H9NO4.C5H14NO/c6-3(5(9)10)1-2-4(7)8;1-6(2,3)4-5-7/h3H,1-2,6H2,(H,7,8)(H,9,10);7H,4-5H2,1-3H3/q;+1/t3-;/m0./s1. The van der Waals surface area contributed by atoms with Gasteiger partial charge in [-0.05, 0) is 6.42 Å². The molecule has 17 heavy (non-hydrogen) atoms. The molecule has 0 fully saturated rings. The lowest BCUT2D eigenvalue weighted by Gasteiger charge is -2.21. The van der Waals surface area contributed by atoms with Crippen LogP contribution in [0.2, 0.25) is 0 Å². The van der Waals surface area contributed by atoms with Crippen molar-refractivity contribution in [2.24, 2.45) is 5.73 Å². The van der Waals surface area contributed by atoms with Crippen LogP contribution in [0.25, 0.3) is 0 Å². The molecule has 102 valence electrons. The number of aliphatic hydroxyl groups excluding tert-OH is 1. The van der Waals surface area contributed by atoms with Crippen molar-refractivity contribution in [3.8, 4) is 0 Å². The lowest BCUT2D eigenvalue weighted by molar-refractivity contribution is -0.870. The van der Waals surface area contributed by atoms with Gasteiger partial charge in [0.05, 0.1) is 27.7 Å². The minimum Gasteiger partial charge on any atom is -0.481 e. The van der Waals surface area contributed by atoms with E-state index < -0.39 is 18.0 Å². The topological polar surface area (TPSA) is 121 Å². The Kier molecular flexibility index (Phi) is 9.54. The van der Waals surface area contributed by atoms with Crippen LogP contribution in [-0.2, 0) is 9.59 Å². The highest BCUT2D eigenvalue weighted by atomic mass is 16.4. The molecular formula is C10H23N2O5+. The van der Waals surface area contributed by atoms with Gasteiger partial charge in [0.2, 0.25) is 0 Å². The SMILES string of the molecule is C[N+](C)(C)CCO.N[C@@H](CCC(=O)O)C(=O)O. The molecule has 0 saturated heterocycles. The second-order valence-corrected chi connectivity index (χ2v) is 4.61. The highest BCUT2D eigenvalue weighted by molar-refractivity contribution is 5.74. The summed E-state index contributed by atoms with van der Waals surface area (Å²) in [6, 6.07) is -1.06. The van der Waals surface area contributed by atoms with Crippen LogP contribution in [0.3, 0.4) is 0 Å². The molecule has 0 spiro atoms. The number of likely N-dealkylation sites (N-methyl/N-ethyl adjacent to an activating group) is 1. The number of rotatable bonds is 6. The van der Waals surface area contributed by atoms with Gasteiger partial charge in [0, 0.05) is 6.42 Å². The van der Waals surface area contributed by atoms with E-state index >= 15 is 0 Å². The second-order valence-electron chi connectivity index (χ2n) is 4.61. The summed E-state index contributed by atoms with van der Waals surface area (Å²) in [7, 11) is 6.16. The van der Waals surface area contributed by atoms with Crippen molar-refractivity contribution in [2.45, 2.75) is 18.9 Å². The number of carboxylic acids is 2. The van der Waals surface area contributed by atoms with Crippen LogP contribution in [0.5, 0.6) is 0 Å². The van der Waals surface area contributed by atoms with E-state index in [1.165, 1.54) is 0 Å². The predicted molar refractivity (Wildman–Crippen MR) is 62.5 cm³/mol. The summed E-state index contributed by atoms with van der Waals surface area (Å²) in [6.45, 7) is 1.11. The van der Waals surface area contributed by atoms with E-state index in [1.54, 1.807) is 0 Å². The molecule has 0 radical (unpaired) electrons. The highest BCUT2D eigenvalue weighted by Gasteiger charge is 2.12. The number of nitrogens with zero attached hydrogens (tertiary/aromatic N) is 1. The summed E-state index contributed by atoms with van der Waals surface area (Å²) < 4.78 is 0.844. The summed E-state index contributed by atoms with van der Waals surface area (Å²) in [5, 5.41) is 24.7. The Morgan fingerprint density at radius 2 is 1.71 bits per heavy atom. The minimum atomic E-state index is -1.17. The van der Waals surface area contributed by atoms with Gasteiger partial charge in [-0.2, -0.15) is 0 Å². The first kappa shape index (κ1) is 18.2. The maximum absolute atomic E-state index is 9.99. The van der Waals surface area contributed by atoms with Crippen molar-refractivity contribution < 1.29 is 29.4 Å². The average Bonchev–Trinajstić information content (AvgIpc) is 2.12. The Morgan fingerprint density at radius 3 is 1.88 bits per heavy atom. The largest absolute Gasteiger partial charge is 0.481 e. The van der Waals surface area contributed by atoms with Gasteiger partial charge in [0.15, 0.2) is 0 Å². The molecule has 1 atom stereocenters. The predicted octanol–water partition coefficient (Wildman–Crippen LogP) is -1.05. The normalized spacial score (nSPS) is 12.3. The molecule has 0 aliphatic carbocycles. The third kappa shape index (κ3) is 17.4. The molecule has 0 saturated carbocycles. The van der Waals surface area contributed by atoms with Crippen LogP contribution in [0.1, 0.15) is 12.8 Å². The molecule has 0 aromatic rings. The van der Waals surface area contributed by atoms with Gasteiger partial charge in [-0.25, -0.2) is 0 Å². The van der Waals surface area contributed by atoms with Gasteiger partial charge in [-0.1, -0.05) is 0 Å². The third-order valence-electron chi connectivity index (χ3n) is 1.76. The number of aliphatic hydroxyl groups is 1. The fourth-order valence-electron chi connectivity index (χ4n) is 0.702. The Labute approximate surface area is 101 Å². The molecule has 5 N–H and O–H groups in total. The number of carboxylic acid groups (broad SMARTS) is 2. The first-order valence-electron chi connectivity index (χ1n) is 5.21. The number of carbonyl (C=O) groups is 2. The summed E-state index contributed by atoms with van der Waals surface area (Å²) in [5.74, 6) is -2.20.